The molecule has 3 aromatic rings. The predicted octanol–water partition coefficient (Wildman–Crippen LogP) is 3.48. The fraction of sp³-hybridized carbons (Fsp3) is 0.478. The molecule has 6 rings (SSSR count). The highest BCUT2D eigenvalue weighted by Gasteiger charge is 2.51. The lowest BCUT2D eigenvalue weighted by Gasteiger charge is -2.35. The number of halogens is 3. The lowest BCUT2D eigenvalue weighted by molar-refractivity contribution is -0.190. The molecule has 0 bridgehead atoms. The van der Waals surface area contributed by atoms with Gasteiger partial charge in [0.25, 0.3) is 23.3 Å². The summed E-state index contributed by atoms with van der Waals surface area (Å²) in [5, 5.41) is 10.5. The topological polar surface area (TPSA) is 267 Å². The molecule has 6 N–H and O–H groups in total. The van der Waals surface area contributed by atoms with Gasteiger partial charge in [0.05, 0.1) is 42.0 Å². The van der Waals surface area contributed by atoms with Crippen LogP contribution in [0.5, 0.6) is 0 Å². The maximum Gasteiger partial charge on any atom is 0.355 e. The molecule has 0 radical (unpaired) electrons. The SMILES string of the molecule is CC[C@@]1(OC(=O)CCC(F)(F)CNC(=O)[C@H](CCCNC(N)=O)NC(=O)[C@@H](NC(=O)CCCCCN2C(=O)C=CC2=O)C(C)C)C(=O)OCc2c1cc1n(c2=O)Cc2cc3c(Br)cccc3nc2-1. The highest BCUT2D eigenvalue weighted by Crippen LogP contribution is 2.42. The standard InChI is InChI=1S/C46H53BrF2N8O11/c1-4-46(29-21-33-39-26(20-27-30(47)10-8-11-31(27)53-39)22-57(33)42(64)28(29)23-67-43(46)65)68-37(61)16-17-45(48,49)24-52-40(62)32(12-9-18-51-44(50)66)54-41(63)38(25(2)3)55-34(58)13-6-5-7-19-56-35(59)14-15-36(56)60/h8,10-11,14-15,20-21,25,32,38H,4-7,9,12-13,16-19,22-24H2,1-3H3,(H,52,62)(H,54,63)(H,55,58)(H3,50,51,66)/t32-,38-,46-/m0/s1. The fourth-order valence-electron chi connectivity index (χ4n) is 8.29. The van der Waals surface area contributed by atoms with Gasteiger partial charge >= 0.3 is 18.0 Å². The van der Waals surface area contributed by atoms with Crippen molar-refractivity contribution in [2.24, 2.45) is 11.7 Å². The van der Waals surface area contributed by atoms with Gasteiger partial charge in [-0.1, -0.05) is 49.2 Å². The smallest absolute Gasteiger partial charge is 0.355 e. The van der Waals surface area contributed by atoms with Crippen LogP contribution in [-0.4, -0.2) is 99.6 Å². The molecule has 3 atom stereocenters. The number of carbonyl (C=O) groups excluding carboxylic acids is 8. The van der Waals surface area contributed by atoms with Crippen LogP contribution in [-0.2, 0) is 61.8 Å². The van der Waals surface area contributed by atoms with E-state index in [2.05, 4.69) is 37.2 Å². The van der Waals surface area contributed by atoms with Gasteiger partial charge in [-0.05, 0) is 62.3 Å². The molecular weight excluding hydrogens is 958 g/mol. The zero-order valence-electron chi connectivity index (χ0n) is 37.7. The number of cyclic esters (lactones) is 1. The molecule has 2 aromatic heterocycles. The third-order valence-corrected chi connectivity index (χ3v) is 12.7. The Labute approximate surface area is 397 Å². The largest absolute Gasteiger partial charge is 0.457 e. The van der Waals surface area contributed by atoms with Gasteiger partial charge in [0.2, 0.25) is 23.3 Å². The Morgan fingerprint density at radius 3 is 2.40 bits per heavy atom. The first-order valence-electron chi connectivity index (χ1n) is 22.3. The third kappa shape index (κ3) is 11.6. The number of benzene rings is 1. The number of ether oxygens (including phenoxy) is 2. The van der Waals surface area contributed by atoms with E-state index in [4.69, 9.17) is 20.2 Å². The number of hydrogen-bond donors (Lipinski definition) is 5. The van der Waals surface area contributed by atoms with Gasteiger partial charge in [0, 0.05) is 59.1 Å². The van der Waals surface area contributed by atoms with Crippen LogP contribution >= 0.6 is 15.9 Å². The average Bonchev–Trinajstić information content (AvgIpc) is 3.82. The molecule has 0 saturated carbocycles. The normalized spacial score (nSPS) is 17.0. The number of carbonyl (C=O) groups is 8. The van der Waals surface area contributed by atoms with Gasteiger partial charge in [-0.2, -0.15) is 0 Å². The van der Waals surface area contributed by atoms with Crippen LogP contribution in [0.1, 0.15) is 95.2 Å². The highest BCUT2D eigenvalue weighted by molar-refractivity contribution is 9.10. The number of esters is 2. The number of aromatic nitrogens is 2. The minimum atomic E-state index is -3.71. The number of urea groups is 1. The van der Waals surface area contributed by atoms with E-state index < -0.39 is 109 Å². The van der Waals surface area contributed by atoms with Crippen LogP contribution in [0.4, 0.5) is 13.6 Å². The zero-order valence-corrected chi connectivity index (χ0v) is 39.3. The number of alkyl halides is 2. The highest BCUT2D eigenvalue weighted by atomic mass is 79.9. The molecule has 22 heteroatoms. The van der Waals surface area contributed by atoms with Crippen molar-refractivity contribution in [1.29, 1.82) is 0 Å². The third-order valence-electron chi connectivity index (χ3n) is 12.0. The number of nitrogens with zero attached hydrogens (tertiary/aromatic N) is 3. The second kappa shape index (κ2) is 21.6. The van der Waals surface area contributed by atoms with Gasteiger partial charge in [0.15, 0.2) is 0 Å². The van der Waals surface area contributed by atoms with Crippen LogP contribution in [0.25, 0.3) is 22.3 Å². The van der Waals surface area contributed by atoms with Crippen molar-refractivity contribution in [3.05, 3.63) is 74.0 Å². The minimum Gasteiger partial charge on any atom is -0.457 e. The predicted molar refractivity (Wildman–Crippen MR) is 243 cm³/mol. The Morgan fingerprint density at radius 2 is 1.71 bits per heavy atom. The second-order valence-electron chi connectivity index (χ2n) is 17.2. The zero-order chi connectivity index (χ0) is 49.5. The van der Waals surface area contributed by atoms with E-state index in [1.54, 1.807) is 19.9 Å². The van der Waals surface area contributed by atoms with Gasteiger partial charge in [-0.25, -0.2) is 23.4 Å². The lowest BCUT2D eigenvalue weighted by atomic mass is 9.85. The summed E-state index contributed by atoms with van der Waals surface area (Å²) in [4.78, 5) is 121. The molecule has 0 fully saturated rings. The molecule has 0 spiro atoms. The number of fused-ring (bicyclic) bond motifs is 5. The van der Waals surface area contributed by atoms with Crippen LogP contribution in [0.3, 0.4) is 0 Å². The van der Waals surface area contributed by atoms with E-state index in [0.717, 1.165) is 20.3 Å². The summed E-state index contributed by atoms with van der Waals surface area (Å²) in [7, 11) is 0. The number of imide groups is 1. The molecular formula is C46H53BrF2N8O11. The molecule has 3 aliphatic rings. The van der Waals surface area contributed by atoms with Gasteiger partial charge < -0.3 is 41.0 Å². The number of nitrogens with one attached hydrogen (secondary N) is 4. The first-order valence-corrected chi connectivity index (χ1v) is 23.1. The van der Waals surface area contributed by atoms with Crippen LogP contribution < -0.4 is 32.6 Å². The molecule has 5 heterocycles. The molecule has 0 unspecified atom stereocenters. The Bertz CT molecular complexity index is 2600. The first-order chi connectivity index (χ1) is 32.2. The monoisotopic (exact) mass is 1010 g/mol. The summed E-state index contributed by atoms with van der Waals surface area (Å²) in [6.45, 7) is 3.55. The van der Waals surface area contributed by atoms with Gasteiger partial charge in [-0.15, -0.1) is 0 Å². The van der Waals surface area contributed by atoms with E-state index in [-0.39, 0.29) is 56.4 Å². The van der Waals surface area contributed by atoms with Crippen LogP contribution in [0.15, 0.2) is 51.8 Å². The van der Waals surface area contributed by atoms with Gasteiger partial charge in [-0.3, -0.25) is 38.5 Å². The summed E-state index contributed by atoms with van der Waals surface area (Å²) < 4.78 is 44.3. The Kier molecular flexibility index (Phi) is 16.1. The number of unbranched alkanes of at least 4 members (excludes halogenated alkanes) is 2. The first kappa shape index (κ1) is 50.8. The summed E-state index contributed by atoms with van der Waals surface area (Å²) >= 11 is 3.53. The fourth-order valence-corrected chi connectivity index (χ4v) is 8.76. The number of pyridine rings is 2. The number of primary amides is 1. The maximum absolute atomic E-state index is 15.5. The number of nitrogens with two attached hydrogens (primary N) is 1. The average molecular weight is 1010 g/mol. The van der Waals surface area contributed by atoms with Crippen molar-refractivity contribution < 1.29 is 56.6 Å². The maximum atomic E-state index is 15.5. The minimum absolute atomic E-state index is 0.0115. The molecule has 0 saturated heterocycles. The van der Waals surface area contributed by atoms with E-state index in [1.807, 2.05) is 24.3 Å². The molecule has 364 valence electrons. The summed E-state index contributed by atoms with van der Waals surface area (Å²) in [6, 6.07) is 5.58. The molecule has 7 amide bonds. The Hall–Kier alpha value is -6.58. The number of rotatable bonds is 22. The van der Waals surface area contributed by atoms with Crippen molar-refractivity contribution in [2.45, 2.75) is 115 Å². The van der Waals surface area contributed by atoms with Crippen molar-refractivity contribution in [3.8, 4) is 11.4 Å². The van der Waals surface area contributed by atoms with Crippen molar-refractivity contribution >= 4 is 74.3 Å². The van der Waals surface area contributed by atoms with Gasteiger partial charge in [0.1, 0.15) is 18.7 Å². The molecule has 3 aliphatic heterocycles. The van der Waals surface area contributed by atoms with Crippen LogP contribution in [0.2, 0.25) is 0 Å². The van der Waals surface area contributed by atoms with Crippen molar-refractivity contribution in [2.75, 3.05) is 19.6 Å². The Balaban J connectivity index is 1.06. The summed E-state index contributed by atoms with van der Waals surface area (Å²) in [5.41, 5.74) is 4.93. The van der Waals surface area contributed by atoms with E-state index in [0.29, 0.717) is 36.2 Å². The Morgan fingerprint density at radius 1 is 0.971 bits per heavy atom. The summed E-state index contributed by atoms with van der Waals surface area (Å²) in [5.74, 6) is -9.42. The van der Waals surface area contributed by atoms with E-state index in [1.165, 1.54) is 23.6 Å². The lowest BCUT2D eigenvalue weighted by Crippen LogP contribution is -2.56. The number of hydrogen-bond acceptors (Lipinski definition) is 12. The molecule has 68 heavy (non-hydrogen) atoms. The molecule has 0 aliphatic carbocycles. The number of amides is 7. The van der Waals surface area contributed by atoms with E-state index >= 15 is 8.78 Å². The second-order valence-corrected chi connectivity index (χ2v) is 18.0. The summed E-state index contributed by atoms with van der Waals surface area (Å²) in [6.07, 6.45) is 1.47. The van der Waals surface area contributed by atoms with Crippen molar-refractivity contribution in [1.82, 2.24) is 35.7 Å². The molecule has 1 aromatic carbocycles. The van der Waals surface area contributed by atoms with E-state index in [9.17, 15) is 43.2 Å². The quantitative estimate of drug-likeness (QED) is 0.0431. The molecule has 19 nitrogen and oxygen atoms in total. The van der Waals surface area contributed by atoms with Crippen LogP contribution in [0, 0.1) is 5.92 Å². The van der Waals surface area contributed by atoms with Crippen molar-refractivity contribution in [3.63, 3.8) is 0 Å².